The lowest BCUT2D eigenvalue weighted by molar-refractivity contribution is 0.0597. The van der Waals surface area contributed by atoms with Crippen LogP contribution in [0.3, 0.4) is 0 Å². The van der Waals surface area contributed by atoms with Crippen LogP contribution in [0.2, 0.25) is 0 Å². The fourth-order valence-electron chi connectivity index (χ4n) is 1.73. The Morgan fingerprint density at radius 1 is 1.23 bits per heavy atom. The lowest BCUT2D eigenvalue weighted by Gasteiger charge is -2.10. The molecule has 0 heterocycles. The van der Waals surface area contributed by atoms with E-state index in [2.05, 4.69) is 9.46 Å². The number of benzene rings is 2. The number of rotatable bonds is 4. The SMILES string of the molecule is COC(=O)c1ccc(NS(=O)(=O)c2cccc(F)c2)cc1O. The molecule has 0 amide bonds. The van der Waals surface area contributed by atoms with Crippen LogP contribution in [0.4, 0.5) is 10.1 Å². The van der Waals surface area contributed by atoms with Gasteiger partial charge in [-0.05, 0) is 30.3 Å². The molecule has 0 aliphatic heterocycles. The quantitative estimate of drug-likeness (QED) is 0.840. The van der Waals surface area contributed by atoms with Crippen LogP contribution in [0.5, 0.6) is 5.75 Å². The third-order valence-corrected chi connectivity index (χ3v) is 4.14. The molecule has 116 valence electrons. The lowest BCUT2D eigenvalue weighted by atomic mass is 10.2. The van der Waals surface area contributed by atoms with E-state index < -0.39 is 27.6 Å². The third-order valence-electron chi connectivity index (χ3n) is 2.76. The number of nitrogens with one attached hydrogen (secondary N) is 1. The Balaban J connectivity index is 2.31. The number of ether oxygens (including phenoxy) is 1. The maximum Gasteiger partial charge on any atom is 0.341 e. The van der Waals surface area contributed by atoms with E-state index in [1.807, 2.05) is 0 Å². The predicted octanol–water partition coefficient (Wildman–Crippen LogP) is 2.12. The lowest BCUT2D eigenvalue weighted by Crippen LogP contribution is -2.13. The molecule has 0 saturated heterocycles. The van der Waals surface area contributed by atoms with Gasteiger partial charge in [0.2, 0.25) is 0 Å². The van der Waals surface area contributed by atoms with E-state index in [1.165, 1.54) is 24.3 Å². The van der Waals surface area contributed by atoms with Gasteiger partial charge in [-0.3, -0.25) is 4.72 Å². The minimum Gasteiger partial charge on any atom is -0.507 e. The molecule has 0 aliphatic rings. The van der Waals surface area contributed by atoms with E-state index in [4.69, 9.17) is 0 Å². The molecule has 8 heteroatoms. The van der Waals surface area contributed by atoms with Gasteiger partial charge < -0.3 is 9.84 Å². The topological polar surface area (TPSA) is 92.7 Å². The van der Waals surface area contributed by atoms with Crippen molar-refractivity contribution in [1.82, 2.24) is 0 Å². The van der Waals surface area contributed by atoms with Crippen LogP contribution in [0, 0.1) is 5.82 Å². The van der Waals surface area contributed by atoms with Gasteiger partial charge in [-0.25, -0.2) is 17.6 Å². The van der Waals surface area contributed by atoms with Crippen molar-refractivity contribution in [2.24, 2.45) is 0 Å². The monoisotopic (exact) mass is 325 g/mol. The van der Waals surface area contributed by atoms with Gasteiger partial charge in [0.25, 0.3) is 10.0 Å². The summed E-state index contributed by atoms with van der Waals surface area (Å²) in [5.41, 5.74) is -0.0781. The van der Waals surface area contributed by atoms with Gasteiger partial charge in [0.1, 0.15) is 17.1 Å². The van der Waals surface area contributed by atoms with Crippen LogP contribution < -0.4 is 4.72 Å². The van der Waals surface area contributed by atoms with Crippen LogP contribution in [0.1, 0.15) is 10.4 Å². The van der Waals surface area contributed by atoms with Gasteiger partial charge in [-0.2, -0.15) is 0 Å². The van der Waals surface area contributed by atoms with Crippen molar-refractivity contribution in [3.8, 4) is 5.75 Å². The molecule has 2 aromatic carbocycles. The zero-order valence-electron chi connectivity index (χ0n) is 11.4. The van der Waals surface area contributed by atoms with Crippen molar-refractivity contribution >= 4 is 21.7 Å². The molecular weight excluding hydrogens is 313 g/mol. The first kappa shape index (κ1) is 15.8. The van der Waals surface area contributed by atoms with E-state index in [9.17, 15) is 22.7 Å². The number of phenolic OH excluding ortho intramolecular Hbond substituents is 1. The Morgan fingerprint density at radius 2 is 1.95 bits per heavy atom. The summed E-state index contributed by atoms with van der Waals surface area (Å²) in [7, 11) is -2.85. The maximum absolute atomic E-state index is 13.1. The zero-order valence-corrected chi connectivity index (χ0v) is 12.2. The Bertz CT molecular complexity index is 820. The van der Waals surface area contributed by atoms with Crippen LogP contribution in [-0.4, -0.2) is 26.6 Å². The van der Waals surface area contributed by atoms with Crippen LogP contribution >= 0.6 is 0 Å². The highest BCUT2D eigenvalue weighted by Crippen LogP contribution is 2.24. The number of phenols is 1. The molecule has 0 unspecified atom stereocenters. The molecule has 22 heavy (non-hydrogen) atoms. The van der Waals surface area contributed by atoms with Crippen molar-refractivity contribution in [3.63, 3.8) is 0 Å². The number of hydrogen-bond acceptors (Lipinski definition) is 5. The molecule has 2 rings (SSSR count). The van der Waals surface area contributed by atoms with Crippen molar-refractivity contribution in [1.29, 1.82) is 0 Å². The van der Waals surface area contributed by atoms with Gasteiger partial charge in [0.05, 0.1) is 17.7 Å². The van der Waals surface area contributed by atoms with Crippen LogP contribution in [-0.2, 0) is 14.8 Å². The normalized spacial score (nSPS) is 11.0. The molecule has 0 aromatic heterocycles. The molecule has 0 aliphatic carbocycles. The highest BCUT2D eigenvalue weighted by atomic mass is 32.2. The highest BCUT2D eigenvalue weighted by Gasteiger charge is 2.17. The summed E-state index contributed by atoms with van der Waals surface area (Å²) in [5, 5.41) is 9.71. The van der Waals surface area contributed by atoms with E-state index in [0.717, 1.165) is 25.3 Å². The van der Waals surface area contributed by atoms with E-state index in [1.54, 1.807) is 0 Å². The molecular formula is C14H12FNO5S. The van der Waals surface area contributed by atoms with Gasteiger partial charge >= 0.3 is 5.97 Å². The molecule has 0 fully saturated rings. The average Bonchev–Trinajstić information content (AvgIpc) is 2.46. The number of aromatic hydroxyl groups is 1. The second-order valence-corrected chi connectivity index (χ2v) is 5.97. The molecule has 0 bridgehead atoms. The summed E-state index contributed by atoms with van der Waals surface area (Å²) in [4.78, 5) is 11.1. The minimum atomic E-state index is -4.01. The smallest absolute Gasteiger partial charge is 0.341 e. The number of carbonyl (C=O) groups excluding carboxylic acids is 1. The fourth-order valence-corrected chi connectivity index (χ4v) is 2.81. The Morgan fingerprint density at radius 3 is 2.55 bits per heavy atom. The number of halogens is 1. The highest BCUT2D eigenvalue weighted by molar-refractivity contribution is 7.92. The summed E-state index contributed by atoms with van der Waals surface area (Å²) in [6.07, 6.45) is 0. The van der Waals surface area contributed by atoms with Gasteiger partial charge in [-0.15, -0.1) is 0 Å². The Hall–Kier alpha value is -2.61. The summed E-state index contributed by atoms with van der Waals surface area (Å²) in [6, 6.07) is 8.04. The summed E-state index contributed by atoms with van der Waals surface area (Å²) >= 11 is 0. The Kier molecular flexibility index (Phi) is 4.32. The van der Waals surface area contributed by atoms with E-state index in [-0.39, 0.29) is 16.1 Å². The standard InChI is InChI=1S/C14H12FNO5S/c1-21-14(18)12-6-5-10(8-13(12)17)16-22(19,20)11-4-2-3-9(15)7-11/h2-8,16-17H,1H3. The fraction of sp³-hybridized carbons (Fsp3) is 0.0714. The van der Waals surface area contributed by atoms with Crippen molar-refractivity contribution in [2.75, 3.05) is 11.8 Å². The summed E-state index contributed by atoms with van der Waals surface area (Å²) in [5.74, 6) is -1.88. The van der Waals surface area contributed by atoms with Gasteiger partial charge in [-0.1, -0.05) is 6.07 Å². The maximum atomic E-state index is 13.1. The molecule has 0 radical (unpaired) electrons. The largest absolute Gasteiger partial charge is 0.507 e. The average molecular weight is 325 g/mol. The number of anilines is 1. The molecule has 0 spiro atoms. The zero-order chi connectivity index (χ0) is 16.3. The number of methoxy groups -OCH3 is 1. The number of hydrogen-bond donors (Lipinski definition) is 2. The molecule has 2 N–H and O–H groups in total. The van der Waals surface area contributed by atoms with Gasteiger partial charge in [0.15, 0.2) is 0 Å². The second-order valence-electron chi connectivity index (χ2n) is 4.29. The van der Waals surface area contributed by atoms with Gasteiger partial charge in [0, 0.05) is 6.07 Å². The number of esters is 1. The van der Waals surface area contributed by atoms with Crippen LogP contribution in [0.25, 0.3) is 0 Å². The first-order valence-electron chi connectivity index (χ1n) is 6.03. The third kappa shape index (κ3) is 3.34. The molecule has 2 aromatic rings. The summed E-state index contributed by atoms with van der Waals surface area (Å²) in [6.45, 7) is 0. The first-order chi connectivity index (χ1) is 10.3. The van der Waals surface area contributed by atoms with Crippen molar-refractivity contribution in [2.45, 2.75) is 4.90 Å². The second kappa shape index (κ2) is 6.02. The van der Waals surface area contributed by atoms with E-state index in [0.29, 0.717) is 0 Å². The summed E-state index contributed by atoms with van der Waals surface area (Å²) < 4.78 is 43.9. The number of carbonyl (C=O) groups is 1. The van der Waals surface area contributed by atoms with Crippen molar-refractivity contribution < 1.29 is 27.4 Å². The van der Waals surface area contributed by atoms with Crippen molar-refractivity contribution in [3.05, 3.63) is 53.8 Å². The first-order valence-corrected chi connectivity index (χ1v) is 7.51. The van der Waals surface area contributed by atoms with E-state index >= 15 is 0 Å². The van der Waals surface area contributed by atoms with Crippen LogP contribution in [0.15, 0.2) is 47.4 Å². The molecule has 6 nitrogen and oxygen atoms in total. The predicted molar refractivity (Wildman–Crippen MR) is 76.7 cm³/mol. The Labute approximate surface area is 126 Å². The molecule has 0 saturated carbocycles. The number of sulfonamides is 1. The minimum absolute atomic E-state index is 0.0226. The molecule has 0 atom stereocenters.